The second kappa shape index (κ2) is 4.13. The van der Waals surface area contributed by atoms with E-state index in [0.717, 1.165) is 12.1 Å². The van der Waals surface area contributed by atoms with Gasteiger partial charge in [-0.15, -0.1) is 0 Å². The van der Waals surface area contributed by atoms with Crippen molar-refractivity contribution in [2.24, 2.45) is 4.99 Å². The SMILES string of the molecule is CCC(C)=N/C=C(/C)O. The second-order valence-corrected chi connectivity index (χ2v) is 1.99. The van der Waals surface area contributed by atoms with Crippen LogP contribution in [-0.2, 0) is 0 Å². The van der Waals surface area contributed by atoms with Gasteiger partial charge in [0.2, 0.25) is 0 Å². The smallest absolute Gasteiger partial charge is 0.107 e. The van der Waals surface area contributed by atoms with E-state index >= 15 is 0 Å². The monoisotopic (exact) mass is 127 g/mol. The van der Waals surface area contributed by atoms with E-state index in [1.807, 2.05) is 13.8 Å². The molecule has 0 amide bonds. The van der Waals surface area contributed by atoms with Crippen LogP contribution in [-0.4, -0.2) is 10.8 Å². The maximum absolute atomic E-state index is 8.65. The fourth-order valence-electron chi connectivity index (χ4n) is 0.295. The van der Waals surface area contributed by atoms with Gasteiger partial charge in [0.15, 0.2) is 0 Å². The molecule has 0 aromatic heterocycles. The number of hydrogen-bond acceptors (Lipinski definition) is 2. The van der Waals surface area contributed by atoms with Crippen LogP contribution in [0.25, 0.3) is 0 Å². The summed E-state index contributed by atoms with van der Waals surface area (Å²) in [5, 5.41) is 8.65. The average Bonchev–Trinajstić information content (AvgIpc) is 1.83. The Morgan fingerprint density at radius 2 is 2.11 bits per heavy atom. The molecular weight excluding hydrogens is 114 g/mol. The van der Waals surface area contributed by atoms with E-state index in [1.165, 1.54) is 6.20 Å². The minimum Gasteiger partial charge on any atom is -0.511 e. The van der Waals surface area contributed by atoms with Crippen LogP contribution in [0, 0.1) is 0 Å². The van der Waals surface area contributed by atoms with E-state index in [1.54, 1.807) is 6.92 Å². The molecule has 0 rings (SSSR count). The van der Waals surface area contributed by atoms with Crippen molar-refractivity contribution in [2.75, 3.05) is 0 Å². The first-order chi connectivity index (χ1) is 4.16. The summed E-state index contributed by atoms with van der Waals surface area (Å²) in [4.78, 5) is 3.95. The van der Waals surface area contributed by atoms with Gasteiger partial charge in [-0.25, -0.2) is 0 Å². The van der Waals surface area contributed by atoms with E-state index in [-0.39, 0.29) is 5.76 Å². The number of aliphatic imine (C=N–C) groups is 1. The van der Waals surface area contributed by atoms with E-state index in [2.05, 4.69) is 4.99 Å². The third-order valence-electron chi connectivity index (χ3n) is 0.983. The summed E-state index contributed by atoms with van der Waals surface area (Å²) in [5.41, 5.74) is 1.03. The molecule has 0 spiro atoms. The molecule has 0 aliphatic carbocycles. The summed E-state index contributed by atoms with van der Waals surface area (Å²) < 4.78 is 0. The Bertz CT molecular complexity index is 132. The van der Waals surface area contributed by atoms with Crippen molar-refractivity contribution < 1.29 is 5.11 Å². The molecule has 0 aromatic carbocycles. The molecule has 0 saturated heterocycles. The molecule has 0 unspecified atom stereocenters. The fourth-order valence-corrected chi connectivity index (χ4v) is 0.295. The fraction of sp³-hybridized carbons (Fsp3) is 0.571. The largest absolute Gasteiger partial charge is 0.511 e. The highest BCUT2D eigenvalue weighted by Crippen LogP contribution is 1.89. The Morgan fingerprint density at radius 1 is 1.56 bits per heavy atom. The van der Waals surface area contributed by atoms with Crippen molar-refractivity contribution in [1.82, 2.24) is 0 Å². The molecule has 1 N–H and O–H groups in total. The van der Waals surface area contributed by atoms with Gasteiger partial charge >= 0.3 is 0 Å². The summed E-state index contributed by atoms with van der Waals surface area (Å²) in [6, 6.07) is 0. The zero-order chi connectivity index (χ0) is 7.28. The summed E-state index contributed by atoms with van der Waals surface area (Å²) >= 11 is 0. The molecule has 0 aliphatic rings. The molecule has 0 heterocycles. The van der Waals surface area contributed by atoms with Crippen LogP contribution in [0.1, 0.15) is 27.2 Å². The van der Waals surface area contributed by atoms with Crippen LogP contribution in [0.2, 0.25) is 0 Å². The lowest BCUT2D eigenvalue weighted by molar-refractivity contribution is 0.412. The molecule has 52 valence electrons. The summed E-state index contributed by atoms with van der Waals surface area (Å²) in [6.07, 6.45) is 2.39. The molecule has 0 fully saturated rings. The third-order valence-corrected chi connectivity index (χ3v) is 0.983. The Kier molecular flexibility index (Phi) is 3.76. The van der Waals surface area contributed by atoms with Gasteiger partial charge < -0.3 is 5.11 Å². The summed E-state index contributed by atoms with van der Waals surface area (Å²) in [5.74, 6) is 0.253. The van der Waals surface area contributed by atoms with Crippen LogP contribution in [0.4, 0.5) is 0 Å². The first-order valence-electron chi connectivity index (χ1n) is 3.05. The lowest BCUT2D eigenvalue weighted by Crippen LogP contribution is -1.84. The van der Waals surface area contributed by atoms with Gasteiger partial charge in [-0.1, -0.05) is 6.92 Å². The van der Waals surface area contributed by atoms with E-state index in [0.29, 0.717) is 0 Å². The Balaban J connectivity index is 3.83. The molecule has 0 aromatic rings. The van der Waals surface area contributed by atoms with Crippen molar-refractivity contribution in [3.8, 4) is 0 Å². The van der Waals surface area contributed by atoms with Crippen molar-refractivity contribution in [3.05, 3.63) is 12.0 Å². The van der Waals surface area contributed by atoms with Gasteiger partial charge in [-0.3, -0.25) is 4.99 Å². The molecule has 2 nitrogen and oxygen atoms in total. The third kappa shape index (κ3) is 5.07. The van der Waals surface area contributed by atoms with Gasteiger partial charge in [0.1, 0.15) is 5.76 Å². The predicted octanol–water partition coefficient (Wildman–Crippen LogP) is 2.28. The van der Waals surface area contributed by atoms with E-state index in [4.69, 9.17) is 5.11 Å². The van der Waals surface area contributed by atoms with Crippen LogP contribution < -0.4 is 0 Å². The van der Waals surface area contributed by atoms with Gasteiger partial charge in [0.25, 0.3) is 0 Å². The molecule has 0 bridgehead atoms. The highest BCUT2D eigenvalue weighted by Gasteiger charge is 1.81. The van der Waals surface area contributed by atoms with Crippen LogP contribution in [0.5, 0.6) is 0 Å². The lowest BCUT2D eigenvalue weighted by Gasteiger charge is -1.88. The molecule has 0 aliphatic heterocycles. The summed E-state index contributed by atoms with van der Waals surface area (Å²) in [7, 11) is 0. The van der Waals surface area contributed by atoms with Crippen molar-refractivity contribution in [1.29, 1.82) is 0 Å². The van der Waals surface area contributed by atoms with Crippen molar-refractivity contribution >= 4 is 5.71 Å². The van der Waals surface area contributed by atoms with Gasteiger partial charge in [0, 0.05) is 5.71 Å². The lowest BCUT2D eigenvalue weighted by atomic mass is 10.3. The first kappa shape index (κ1) is 8.21. The number of aliphatic hydroxyl groups excluding tert-OH is 1. The van der Waals surface area contributed by atoms with E-state index < -0.39 is 0 Å². The average molecular weight is 127 g/mol. The second-order valence-electron chi connectivity index (χ2n) is 1.99. The topological polar surface area (TPSA) is 32.6 Å². The van der Waals surface area contributed by atoms with Crippen LogP contribution >= 0.6 is 0 Å². The van der Waals surface area contributed by atoms with Gasteiger partial charge in [-0.05, 0) is 20.3 Å². The molecule has 0 atom stereocenters. The van der Waals surface area contributed by atoms with Crippen molar-refractivity contribution in [3.63, 3.8) is 0 Å². The van der Waals surface area contributed by atoms with E-state index in [9.17, 15) is 0 Å². The Labute approximate surface area is 55.9 Å². The maximum atomic E-state index is 8.65. The molecule has 9 heavy (non-hydrogen) atoms. The number of aliphatic hydroxyl groups is 1. The Morgan fingerprint density at radius 3 is 2.44 bits per heavy atom. The highest BCUT2D eigenvalue weighted by atomic mass is 16.3. The maximum Gasteiger partial charge on any atom is 0.107 e. The minimum atomic E-state index is 0.253. The zero-order valence-corrected chi connectivity index (χ0v) is 6.18. The quantitative estimate of drug-likeness (QED) is 0.448. The Hall–Kier alpha value is -0.790. The highest BCUT2D eigenvalue weighted by molar-refractivity contribution is 5.82. The molecule has 2 heteroatoms. The first-order valence-corrected chi connectivity index (χ1v) is 3.05. The van der Waals surface area contributed by atoms with Gasteiger partial charge in [-0.2, -0.15) is 0 Å². The number of allylic oxidation sites excluding steroid dienone is 1. The standard InChI is InChI=1S/C7H13NO/c1-4-6(2)8-5-7(3)9/h5,9H,4H2,1-3H3/b7-5-,8-6?. The van der Waals surface area contributed by atoms with Crippen LogP contribution in [0.3, 0.4) is 0 Å². The minimum absolute atomic E-state index is 0.253. The molecule has 0 radical (unpaired) electrons. The number of hydrogen-bond donors (Lipinski definition) is 1. The van der Waals surface area contributed by atoms with Gasteiger partial charge in [0.05, 0.1) is 6.20 Å². The number of nitrogens with zero attached hydrogens (tertiary/aromatic N) is 1. The molecule has 0 saturated carbocycles. The molecular formula is C7H13NO. The summed E-state index contributed by atoms with van der Waals surface area (Å²) in [6.45, 7) is 5.56. The zero-order valence-electron chi connectivity index (χ0n) is 6.18. The predicted molar refractivity (Wildman–Crippen MR) is 39.8 cm³/mol. The normalized spacial score (nSPS) is 14.1. The van der Waals surface area contributed by atoms with Crippen molar-refractivity contribution in [2.45, 2.75) is 27.2 Å². The number of rotatable bonds is 2. The van der Waals surface area contributed by atoms with Crippen LogP contribution in [0.15, 0.2) is 17.0 Å².